The first kappa shape index (κ1) is 14.6. The molecule has 0 bridgehead atoms. The van der Waals surface area contributed by atoms with E-state index in [0.29, 0.717) is 22.9 Å². The molecule has 114 valence electrons. The Kier molecular flexibility index (Phi) is 3.84. The van der Waals surface area contributed by atoms with Crippen molar-refractivity contribution < 1.29 is 14.3 Å². The SMILES string of the molecule is CNC1=C(C(c2ccccc2)C2CC2)C(=O)C(=O)C=C1OC. The summed E-state index contributed by atoms with van der Waals surface area (Å²) >= 11 is 0. The molecule has 1 unspecified atom stereocenters. The van der Waals surface area contributed by atoms with Gasteiger partial charge in [-0.1, -0.05) is 30.3 Å². The van der Waals surface area contributed by atoms with E-state index in [1.54, 1.807) is 7.05 Å². The zero-order chi connectivity index (χ0) is 15.7. The molecule has 0 spiro atoms. The van der Waals surface area contributed by atoms with Gasteiger partial charge in [0.15, 0.2) is 0 Å². The molecule has 0 saturated heterocycles. The molecule has 2 aliphatic rings. The Bertz CT molecular complexity index is 669. The summed E-state index contributed by atoms with van der Waals surface area (Å²) < 4.78 is 5.30. The van der Waals surface area contributed by atoms with Gasteiger partial charge < -0.3 is 10.1 Å². The lowest BCUT2D eigenvalue weighted by Gasteiger charge is -2.26. The lowest BCUT2D eigenvalue weighted by Crippen LogP contribution is -2.30. The van der Waals surface area contributed by atoms with Gasteiger partial charge in [-0.15, -0.1) is 0 Å². The summed E-state index contributed by atoms with van der Waals surface area (Å²) in [5.74, 6) is -0.144. The average molecular weight is 297 g/mol. The number of methoxy groups -OCH3 is 1. The fourth-order valence-corrected chi connectivity index (χ4v) is 3.12. The predicted octanol–water partition coefficient (Wildman–Crippen LogP) is 2.34. The highest BCUT2D eigenvalue weighted by Gasteiger charge is 2.42. The fourth-order valence-electron chi connectivity index (χ4n) is 3.12. The van der Waals surface area contributed by atoms with E-state index < -0.39 is 11.6 Å². The van der Waals surface area contributed by atoms with E-state index in [1.165, 1.54) is 13.2 Å². The van der Waals surface area contributed by atoms with Gasteiger partial charge >= 0.3 is 0 Å². The quantitative estimate of drug-likeness (QED) is 0.669. The van der Waals surface area contributed by atoms with Gasteiger partial charge in [0.2, 0.25) is 11.6 Å². The second-order valence-electron chi connectivity index (χ2n) is 5.67. The molecule has 1 aromatic carbocycles. The van der Waals surface area contributed by atoms with Crippen LogP contribution in [0.4, 0.5) is 0 Å². The van der Waals surface area contributed by atoms with Crippen LogP contribution in [-0.2, 0) is 14.3 Å². The number of benzene rings is 1. The highest BCUT2D eigenvalue weighted by Crippen LogP contribution is 2.48. The van der Waals surface area contributed by atoms with Gasteiger partial charge in [0.1, 0.15) is 5.76 Å². The van der Waals surface area contributed by atoms with Crippen LogP contribution in [0.15, 0.2) is 53.4 Å². The van der Waals surface area contributed by atoms with E-state index in [2.05, 4.69) is 5.32 Å². The van der Waals surface area contributed by atoms with Crippen LogP contribution in [-0.4, -0.2) is 25.7 Å². The molecule has 0 amide bonds. The standard InChI is InChI=1S/C18H19NO3/c1-19-17-14(22-2)10-13(20)18(21)16(17)15(12-8-9-12)11-6-4-3-5-7-11/h3-7,10,12,15,19H,8-9H2,1-2H3. The minimum atomic E-state index is -0.507. The summed E-state index contributed by atoms with van der Waals surface area (Å²) in [7, 11) is 3.26. The van der Waals surface area contributed by atoms with E-state index in [-0.39, 0.29) is 5.92 Å². The highest BCUT2D eigenvalue weighted by atomic mass is 16.5. The third-order valence-corrected chi connectivity index (χ3v) is 4.28. The average Bonchev–Trinajstić information content (AvgIpc) is 3.37. The molecule has 1 atom stereocenters. The van der Waals surface area contributed by atoms with Gasteiger partial charge in [0.25, 0.3) is 0 Å². The van der Waals surface area contributed by atoms with Crippen molar-refractivity contribution in [3.63, 3.8) is 0 Å². The van der Waals surface area contributed by atoms with Gasteiger partial charge in [-0.2, -0.15) is 0 Å². The summed E-state index contributed by atoms with van der Waals surface area (Å²) in [6.45, 7) is 0. The number of hydrogen-bond acceptors (Lipinski definition) is 4. The van der Waals surface area contributed by atoms with E-state index in [0.717, 1.165) is 18.4 Å². The smallest absolute Gasteiger partial charge is 0.231 e. The Morgan fingerprint density at radius 1 is 1.18 bits per heavy atom. The Balaban J connectivity index is 2.15. The van der Waals surface area contributed by atoms with Crippen LogP contribution in [0.1, 0.15) is 24.3 Å². The molecule has 1 N–H and O–H groups in total. The van der Waals surface area contributed by atoms with Gasteiger partial charge in [0.05, 0.1) is 12.8 Å². The Hall–Kier alpha value is -2.36. The third-order valence-electron chi connectivity index (χ3n) is 4.28. The summed E-state index contributed by atoms with van der Waals surface area (Å²) in [6, 6.07) is 9.92. The number of likely N-dealkylation sites (N-methyl/N-ethyl adjacent to an activating group) is 1. The van der Waals surface area contributed by atoms with Crippen molar-refractivity contribution in [2.24, 2.45) is 5.92 Å². The van der Waals surface area contributed by atoms with Crippen LogP contribution < -0.4 is 5.32 Å². The lowest BCUT2D eigenvalue weighted by molar-refractivity contribution is -0.132. The fraction of sp³-hybridized carbons (Fsp3) is 0.333. The van der Waals surface area contributed by atoms with Crippen molar-refractivity contribution in [3.8, 4) is 0 Å². The number of ether oxygens (including phenoxy) is 1. The zero-order valence-corrected chi connectivity index (χ0v) is 12.8. The number of rotatable bonds is 5. The second kappa shape index (κ2) is 5.79. The largest absolute Gasteiger partial charge is 0.494 e. The van der Waals surface area contributed by atoms with E-state index >= 15 is 0 Å². The Labute approximate surface area is 129 Å². The molecule has 1 saturated carbocycles. The van der Waals surface area contributed by atoms with Crippen LogP contribution >= 0.6 is 0 Å². The number of carbonyl (C=O) groups excluding carboxylic acids is 2. The van der Waals surface area contributed by atoms with Gasteiger partial charge in [-0.25, -0.2) is 0 Å². The van der Waals surface area contributed by atoms with Crippen LogP contribution in [0.3, 0.4) is 0 Å². The minimum absolute atomic E-state index is 0.0565. The first-order chi connectivity index (χ1) is 10.7. The summed E-state index contributed by atoms with van der Waals surface area (Å²) in [6.07, 6.45) is 3.42. The highest BCUT2D eigenvalue weighted by molar-refractivity contribution is 6.48. The number of allylic oxidation sites excluding steroid dienone is 2. The van der Waals surface area contributed by atoms with E-state index in [9.17, 15) is 9.59 Å². The molecular formula is C18H19NO3. The van der Waals surface area contributed by atoms with E-state index in [1.807, 2.05) is 30.3 Å². The van der Waals surface area contributed by atoms with Crippen molar-refractivity contribution >= 4 is 11.6 Å². The summed E-state index contributed by atoms with van der Waals surface area (Å²) in [4.78, 5) is 24.6. The zero-order valence-electron chi connectivity index (χ0n) is 12.8. The van der Waals surface area contributed by atoms with Crippen LogP contribution in [0.2, 0.25) is 0 Å². The molecule has 3 rings (SSSR count). The van der Waals surface area contributed by atoms with Gasteiger partial charge in [0, 0.05) is 24.6 Å². The molecule has 4 heteroatoms. The molecule has 1 aromatic rings. The van der Waals surface area contributed by atoms with E-state index in [4.69, 9.17) is 4.74 Å². The lowest BCUT2D eigenvalue weighted by atomic mass is 9.80. The Morgan fingerprint density at radius 2 is 1.86 bits per heavy atom. The molecule has 4 nitrogen and oxygen atoms in total. The van der Waals surface area contributed by atoms with Crippen LogP contribution in [0.5, 0.6) is 0 Å². The van der Waals surface area contributed by atoms with Gasteiger partial charge in [-0.05, 0) is 24.3 Å². The Morgan fingerprint density at radius 3 is 2.41 bits per heavy atom. The molecule has 22 heavy (non-hydrogen) atoms. The summed E-state index contributed by atoms with van der Waals surface area (Å²) in [5, 5.41) is 3.05. The normalized spacial score (nSPS) is 19.8. The predicted molar refractivity (Wildman–Crippen MR) is 83.1 cm³/mol. The van der Waals surface area contributed by atoms with Crippen molar-refractivity contribution in [1.82, 2.24) is 5.32 Å². The number of ketones is 2. The topological polar surface area (TPSA) is 55.4 Å². The molecule has 1 fully saturated rings. The first-order valence-electron chi connectivity index (χ1n) is 7.49. The van der Waals surface area contributed by atoms with Crippen molar-refractivity contribution in [1.29, 1.82) is 0 Å². The molecule has 0 radical (unpaired) electrons. The maximum absolute atomic E-state index is 12.6. The molecular weight excluding hydrogens is 278 g/mol. The van der Waals surface area contributed by atoms with Crippen molar-refractivity contribution in [2.45, 2.75) is 18.8 Å². The number of hydrogen-bond donors (Lipinski definition) is 1. The molecule has 0 aromatic heterocycles. The molecule has 0 aliphatic heterocycles. The maximum Gasteiger partial charge on any atom is 0.231 e. The first-order valence-corrected chi connectivity index (χ1v) is 7.49. The maximum atomic E-state index is 12.6. The van der Waals surface area contributed by atoms with Crippen molar-refractivity contribution in [3.05, 3.63) is 59.0 Å². The monoisotopic (exact) mass is 297 g/mol. The van der Waals surface area contributed by atoms with Crippen LogP contribution in [0.25, 0.3) is 0 Å². The minimum Gasteiger partial charge on any atom is -0.494 e. The van der Waals surface area contributed by atoms with Crippen molar-refractivity contribution in [2.75, 3.05) is 14.2 Å². The van der Waals surface area contributed by atoms with Gasteiger partial charge in [-0.3, -0.25) is 9.59 Å². The second-order valence-corrected chi connectivity index (χ2v) is 5.67. The number of carbonyl (C=O) groups is 2. The number of nitrogens with one attached hydrogen (secondary N) is 1. The summed E-state index contributed by atoms with van der Waals surface area (Å²) in [5.41, 5.74) is 2.25. The molecule has 0 heterocycles. The van der Waals surface area contributed by atoms with Crippen LogP contribution in [0, 0.1) is 5.92 Å². The third kappa shape index (κ3) is 2.45. The number of Topliss-reactive ketones (excluding diaryl/α,β-unsaturated/α-hetero) is 1. The molecule has 2 aliphatic carbocycles.